The molecule has 0 saturated heterocycles. The predicted molar refractivity (Wildman–Crippen MR) is 71.0 cm³/mol. The van der Waals surface area contributed by atoms with Crippen LogP contribution in [0.25, 0.3) is 0 Å². The smallest absolute Gasteiger partial charge is 0.335 e. The van der Waals surface area contributed by atoms with Gasteiger partial charge in [-0.1, -0.05) is 12.1 Å². The SMILES string of the molecule is O=C(O)c1ccc(CNC(=O)c2ccoc2Br)cc1. The minimum absolute atomic E-state index is 0.215. The second-order valence-electron chi connectivity index (χ2n) is 3.79. The van der Waals surface area contributed by atoms with Crippen molar-refractivity contribution in [2.24, 2.45) is 0 Å². The first-order chi connectivity index (χ1) is 9.08. The first-order valence-electron chi connectivity index (χ1n) is 5.41. The number of carboxylic acid groups (broad SMARTS) is 1. The molecular formula is C13H10BrNO4. The van der Waals surface area contributed by atoms with Crippen LogP contribution >= 0.6 is 15.9 Å². The summed E-state index contributed by atoms with van der Waals surface area (Å²) in [4.78, 5) is 22.5. The third-order valence-electron chi connectivity index (χ3n) is 2.52. The third kappa shape index (κ3) is 3.23. The summed E-state index contributed by atoms with van der Waals surface area (Å²) >= 11 is 3.13. The van der Waals surface area contributed by atoms with Crippen LogP contribution in [0, 0.1) is 0 Å². The Kier molecular flexibility index (Phi) is 4.01. The van der Waals surface area contributed by atoms with E-state index in [1.807, 2.05) is 0 Å². The molecule has 0 bridgehead atoms. The van der Waals surface area contributed by atoms with Crippen LogP contribution in [0.3, 0.4) is 0 Å². The van der Waals surface area contributed by atoms with Crippen LogP contribution in [0.2, 0.25) is 0 Å². The van der Waals surface area contributed by atoms with Gasteiger partial charge in [0.1, 0.15) is 0 Å². The quantitative estimate of drug-likeness (QED) is 0.906. The average Bonchev–Trinajstić information content (AvgIpc) is 2.83. The van der Waals surface area contributed by atoms with Crippen LogP contribution in [0.15, 0.2) is 45.7 Å². The molecule has 1 aromatic carbocycles. The molecule has 0 atom stereocenters. The van der Waals surface area contributed by atoms with E-state index in [-0.39, 0.29) is 11.5 Å². The highest BCUT2D eigenvalue weighted by atomic mass is 79.9. The molecule has 0 unspecified atom stereocenters. The zero-order chi connectivity index (χ0) is 13.8. The molecule has 0 aliphatic rings. The van der Waals surface area contributed by atoms with E-state index in [0.717, 1.165) is 5.56 Å². The van der Waals surface area contributed by atoms with Gasteiger partial charge >= 0.3 is 5.97 Å². The number of carboxylic acids is 1. The van der Waals surface area contributed by atoms with Crippen molar-refractivity contribution in [2.75, 3.05) is 0 Å². The highest BCUT2D eigenvalue weighted by Crippen LogP contribution is 2.17. The topological polar surface area (TPSA) is 79.5 Å². The number of amides is 1. The molecule has 6 heteroatoms. The van der Waals surface area contributed by atoms with Gasteiger partial charge in [-0.25, -0.2) is 4.79 Å². The number of benzene rings is 1. The summed E-state index contributed by atoms with van der Waals surface area (Å²) in [6, 6.07) is 7.88. The lowest BCUT2D eigenvalue weighted by Gasteiger charge is -2.04. The molecule has 98 valence electrons. The maximum Gasteiger partial charge on any atom is 0.335 e. The molecule has 19 heavy (non-hydrogen) atoms. The van der Waals surface area contributed by atoms with E-state index in [2.05, 4.69) is 21.2 Å². The standard InChI is InChI=1S/C13H10BrNO4/c14-11-10(5-6-19-11)12(16)15-7-8-1-3-9(4-2-8)13(17)18/h1-6H,7H2,(H,15,16)(H,17,18). The summed E-state index contributed by atoms with van der Waals surface area (Å²) in [6.07, 6.45) is 1.42. The van der Waals surface area contributed by atoms with Crippen LogP contribution in [-0.4, -0.2) is 17.0 Å². The number of carbonyl (C=O) groups excluding carboxylic acids is 1. The van der Waals surface area contributed by atoms with Crippen molar-refractivity contribution in [3.63, 3.8) is 0 Å². The fourth-order valence-electron chi connectivity index (χ4n) is 1.50. The normalized spacial score (nSPS) is 10.2. The summed E-state index contributed by atoms with van der Waals surface area (Å²) in [5, 5.41) is 11.5. The molecule has 1 amide bonds. The monoisotopic (exact) mass is 323 g/mol. The summed E-state index contributed by atoms with van der Waals surface area (Å²) in [6.45, 7) is 0.316. The molecule has 1 aromatic heterocycles. The molecule has 1 heterocycles. The molecule has 0 fully saturated rings. The Morgan fingerprint density at radius 1 is 1.21 bits per heavy atom. The fraction of sp³-hybridized carbons (Fsp3) is 0.0769. The molecule has 2 rings (SSSR count). The van der Waals surface area contributed by atoms with E-state index in [0.29, 0.717) is 16.8 Å². The lowest BCUT2D eigenvalue weighted by Crippen LogP contribution is -2.22. The van der Waals surface area contributed by atoms with Crippen molar-refractivity contribution >= 4 is 27.8 Å². The van der Waals surface area contributed by atoms with Gasteiger partial charge in [0.2, 0.25) is 0 Å². The molecule has 0 aliphatic carbocycles. The van der Waals surface area contributed by atoms with Crippen LogP contribution in [0.5, 0.6) is 0 Å². The molecule has 0 radical (unpaired) electrons. The summed E-state index contributed by atoms with van der Waals surface area (Å²) in [5.41, 5.74) is 1.45. The highest BCUT2D eigenvalue weighted by molar-refractivity contribution is 9.10. The van der Waals surface area contributed by atoms with Gasteiger partial charge in [0.25, 0.3) is 5.91 Å². The van der Waals surface area contributed by atoms with Crippen molar-refractivity contribution in [1.82, 2.24) is 5.32 Å². The number of halogens is 1. The van der Waals surface area contributed by atoms with E-state index in [1.54, 1.807) is 18.2 Å². The Labute approximate surface area is 117 Å². The second-order valence-corrected chi connectivity index (χ2v) is 4.51. The Balaban J connectivity index is 1.97. The number of rotatable bonds is 4. The van der Waals surface area contributed by atoms with Gasteiger partial charge in [-0.05, 0) is 39.7 Å². The van der Waals surface area contributed by atoms with E-state index < -0.39 is 5.97 Å². The van der Waals surface area contributed by atoms with Gasteiger partial charge in [-0.2, -0.15) is 0 Å². The van der Waals surface area contributed by atoms with Crippen molar-refractivity contribution in [3.05, 3.63) is 58.0 Å². The van der Waals surface area contributed by atoms with Gasteiger partial charge < -0.3 is 14.8 Å². The van der Waals surface area contributed by atoms with Crippen LogP contribution in [-0.2, 0) is 6.54 Å². The van der Waals surface area contributed by atoms with Crippen molar-refractivity contribution in [2.45, 2.75) is 6.54 Å². The Bertz CT molecular complexity index is 603. The van der Waals surface area contributed by atoms with Crippen LogP contribution < -0.4 is 5.32 Å². The first kappa shape index (κ1) is 13.4. The van der Waals surface area contributed by atoms with E-state index >= 15 is 0 Å². The maximum atomic E-state index is 11.8. The molecule has 2 aromatic rings. The lowest BCUT2D eigenvalue weighted by atomic mass is 10.1. The van der Waals surface area contributed by atoms with Gasteiger partial charge in [-0.3, -0.25) is 4.79 Å². The summed E-state index contributed by atoms with van der Waals surface area (Å²) < 4.78 is 5.35. The van der Waals surface area contributed by atoms with Gasteiger partial charge in [-0.15, -0.1) is 0 Å². The molecule has 0 aliphatic heterocycles. The number of furan rings is 1. The molecule has 5 nitrogen and oxygen atoms in total. The Hall–Kier alpha value is -2.08. The number of nitrogens with one attached hydrogen (secondary N) is 1. The summed E-state index contributed by atoms with van der Waals surface area (Å²) in [7, 11) is 0. The minimum atomic E-state index is -0.974. The zero-order valence-corrected chi connectivity index (χ0v) is 11.3. The van der Waals surface area contributed by atoms with Crippen molar-refractivity contribution < 1.29 is 19.1 Å². The number of carbonyl (C=O) groups is 2. The Morgan fingerprint density at radius 2 is 1.89 bits per heavy atom. The molecule has 0 saturated carbocycles. The van der Waals surface area contributed by atoms with Crippen LogP contribution in [0.1, 0.15) is 26.3 Å². The third-order valence-corrected chi connectivity index (χ3v) is 3.13. The van der Waals surface area contributed by atoms with Crippen LogP contribution in [0.4, 0.5) is 0 Å². The predicted octanol–water partition coefficient (Wildman–Crippen LogP) is 2.67. The molecule has 2 N–H and O–H groups in total. The molecule has 0 spiro atoms. The molecular weight excluding hydrogens is 314 g/mol. The maximum absolute atomic E-state index is 11.8. The Morgan fingerprint density at radius 3 is 2.42 bits per heavy atom. The number of hydrogen-bond acceptors (Lipinski definition) is 3. The lowest BCUT2D eigenvalue weighted by molar-refractivity contribution is 0.0696. The first-order valence-corrected chi connectivity index (χ1v) is 6.20. The van der Waals surface area contributed by atoms with Crippen molar-refractivity contribution in [1.29, 1.82) is 0 Å². The van der Waals surface area contributed by atoms with Gasteiger partial charge in [0, 0.05) is 6.54 Å². The highest BCUT2D eigenvalue weighted by Gasteiger charge is 2.12. The average molecular weight is 324 g/mol. The van der Waals surface area contributed by atoms with Gasteiger partial charge in [0.15, 0.2) is 4.67 Å². The minimum Gasteiger partial charge on any atom is -0.478 e. The van der Waals surface area contributed by atoms with Crippen molar-refractivity contribution in [3.8, 4) is 0 Å². The zero-order valence-electron chi connectivity index (χ0n) is 9.72. The van der Waals surface area contributed by atoms with E-state index in [4.69, 9.17) is 9.52 Å². The largest absolute Gasteiger partial charge is 0.478 e. The number of aromatic carboxylic acids is 1. The fourth-order valence-corrected chi connectivity index (χ4v) is 1.92. The second kappa shape index (κ2) is 5.71. The van der Waals surface area contributed by atoms with E-state index in [9.17, 15) is 9.59 Å². The van der Waals surface area contributed by atoms with E-state index in [1.165, 1.54) is 18.4 Å². The number of hydrogen-bond donors (Lipinski definition) is 2. The van der Waals surface area contributed by atoms with Gasteiger partial charge in [0.05, 0.1) is 17.4 Å². The summed E-state index contributed by atoms with van der Waals surface area (Å²) in [5.74, 6) is -1.24.